The number of hydrogen-bond donors (Lipinski definition) is 3. The van der Waals surface area contributed by atoms with Crippen LogP contribution in [-0.2, 0) is 11.8 Å². The van der Waals surface area contributed by atoms with Gasteiger partial charge in [-0.25, -0.2) is 4.98 Å². The molecule has 0 aliphatic rings. The van der Waals surface area contributed by atoms with Crippen molar-refractivity contribution in [2.45, 2.75) is 94.9 Å². The van der Waals surface area contributed by atoms with Gasteiger partial charge in [0.1, 0.15) is 5.82 Å². The van der Waals surface area contributed by atoms with Crippen LogP contribution in [0.25, 0.3) is 11.1 Å². The van der Waals surface area contributed by atoms with E-state index in [0.29, 0.717) is 28.4 Å². The molecule has 0 saturated carbocycles. The van der Waals surface area contributed by atoms with Gasteiger partial charge in [-0.2, -0.15) is 0 Å². The average Bonchev–Trinajstić information content (AvgIpc) is 3.26. The Bertz CT molecular complexity index is 970. The largest absolute Gasteiger partial charge is 0.399 e. The first kappa shape index (κ1) is 40.5. The Labute approximate surface area is 240 Å². The molecule has 0 radical (unpaired) electrons. The molecule has 6 nitrogen and oxygen atoms in total. The highest BCUT2D eigenvalue weighted by Gasteiger charge is 2.14. The third kappa shape index (κ3) is 18.8. The summed E-state index contributed by atoms with van der Waals surface area (Å²) in [5.74, 6) is 1.58. The van der Waals surface area contributed by atoms with Gasteiger partial charge >= 0.3 is 0 Å². The van der Waals surface area contributed by atoms with Gasteiger partial charge in [-0.15, -0.1) is 0 Å². The highest BCUT2D eigenvalue weighted by molar-refractivity contribution is 5.99. The molecule has 0 fully saturated rings. The van der Waals surface area contributed by atoms with E-state index >= 15 is 0 Å². The van der Waals surface area contributed by atoms with E-state index in [-0.39, 0.29) is 0 Å². The van der Waals surface area contributed by atoms with Gasteiger partial charge in [-0.1, -0.05) is 80.0 Å². The lowest BCUT2D eigenvalue weighted by Gasteiger charge is -2.09. The number of rotatable bonds is 12. The molecule has 0 atom stereocenters. The minimum atomic E-state index is 0.474. The lowest BCUT2D eigenvalue weighted by Crippen LogP contribution is -2.01. The second-order valence-corrected chi connectivity index (χ2v) is 9.67. The SMILES string of the molecule is C=C(N)/C(C)=C/C(C)=C(/C=N)C(=C)c1nc(/C(C)=C/C(C)=N)cn1C.CC.CCCC(C)C.CCCCOC. The van der Waals surface area contributed by atoms with Crippen LogP contribution in [0.4, 0.5) is 0 Å². The number of nitrogens with two attached hydrogens (primary N) is 1. The van der Waals surface area contributed by atoms with E-state index in [1.165, 1.54) is 31.9 Å². The number of nitrogens with zero attached hydrogens (tertiary/aromatic N) is 2. The van der Waals surface area contributed by atoms with Crippen molar-refractivity contribution in [3.63, 3.8) is 0 Å². The molecule has 0 saturated heterocycles. The molecule has 0 aliphatic heterocycles. The van der Waals surface area contributed by atoms with Crippen LogP contribution < -0.4 is 5.73 Å². The fourth-order valence-electron chi connectivity index (χ4n) is 3.26. The van der Waals surface area contributed by atoms with E-state index in [1.54, 1.807) is 20.1 Å². The molecule has 222 valence electrons. The lowest BCUT2D eigenvalue weighted by molar-refractivity contribution is 0.194. The van der Waals surface area contributed by atoms with Crippen LogP contribution in [0.3, 0.4) is 0 Å². The van der Waals surface area contributed by atoms with E-state index in [0.717, 1.165) is 34.9 Å². The summed E-state index contributed by atoms with van der Waals surface area (Å²) in [6.07, 6.45) is 12.0. The summed E-state index contributed by atoms with van der Waals surface area (Å²) in [7, 11) is 3.62. The quantitative estimate of drug-likeness (QED) is 0.140. The number of unbranched alkanes of at least 4 members (excludes halogenated alkanes) is 1. The number of ether oxygens (including phenoxy) is 1. The fourth-order valence-corrected chi connectivity index (χ4v) is 3.26. The maximum Gasteiger partial charge on any atom is 0.140 e. The molecule has 1 heterocycles. The highest BCUT2D eigenvalue weighted by atomic mass is 16.5. The Morgan fingerprint density at radius 3 is 2.00 bits per heavy atom. The number of nitrogens with one attached hydrogen (secondary N) is 2. The summed E-state index contributed by atoms with van der Waals surface area (Å²) in [5.41, 5.74) is 11.4. The Balaban J connectivity index is -0.000000762. The maximum atomic E-state index is 7.77. The van der Waals surface area contributed by atoms with Crippen molar-refractivity contribution in [3.8, 4) is 0 Å². The molecular weight excluding hydrogens is 482 g/mol. The zero-order valence-electron chi connectivity index (χ0n) is 27.2. The van der Waals surface area contributed by atoms with Gasteiger partial charge in [0, 0.05) is 55.7 Å². The predicted octanol–water partition coefficient (Wildman–Crippen LogP) is 9.16. The average molecular weight is 542 g/mol. The molecule has 1 aromatic rings. The van der Waals surface area contributed by atoms with E-state index in [9.17, 15) is 0 Å². The second-order valence-electron chi connectivity index (χ2n) is 9.67. The molecule has 0 spiro atoms. The van der Waals surface area contributed by atoms with Crippen molar-refractivity contribution >= 4 is 23.1 Å². The Hall–Kier alpha value is -2.99. The molecule has 39 heavy (non-hydrogen) atoms. The van der Waals surface area contributed by atoms with Gasteiger partial charge in [0.05, 0.1) is 5.69 Å². The van der Waals surface area contributed by atoms with Crippen molar-refractivity contribution in [2.75, 3.05) is 13.7 Å². The zero-order valence-corrected chi connectivity index (χ0v) is 27.2. The van der Waals surface area contributed by atoms with Crippen molar-refractivity contribution < 1.29 is 4.74 Å². The van der Waals surface area contributed by atoms with E-state index in [1.807, 2.05) is 58.5 Å². The van der Waals surface area contributed by atoms with Crippen LogP contribution in [0.2, 0.25) is 0 Å². The van der Waals surface area contributed by atoms with Crippen LogP contribution in [0, 0.1) is 16.7 Å². The summed E-state index contributed by atoms with van der Waals surface area (Å²) in [5, 5.41) is 15.4. The van der Waals surface area contributed by atoms with Crippen LogP contribution in [0.5, 0.6) is 0 Å². The molecule has 1 aromatic heterocycles. The van der Waals surface area contributed by atoms with Gasteiger partial charge in [-0.3, -0.25) is 0 Å². The van der Waals surface area contributed by atoms with E-state index < -0.39 is 0 Å². The molecule has 0 aromatic carbocycles. The monoisotopic (exact) mass is 541 g/mol. The third-order valence-electron chi connectivity index (χ3n) is 5.39. The predicted molar refractivity (Wildman–Crippen MR) is 176 cm³/mol. The number of methoxy groups -OCH3 is 1. The minimum absolute atomic E-state index is 0.474. The summed E-state index contributed by atoms with van der Waals surface area (Å²) >= 11 is 0. The van der Waals surface area contributed by atoms with E-state index in [2.05, 4.69) is 45.8 Å². The molecule has 0 bridgehead atoms. The molecule has 0 aliphatic carbocycles. The van der Waals surface area contributed by atoms with Gasteiger partial charge in [0.15, 0.2) is 0 Å². The minimum Gasteiger partial charge on any atom is -0.399 e. The fraction of sp³-hybridized carbons (Fsp3) is 0.545. The van der Waals surface area contributed by atoms with Gasteiger partial charge in [0.2, 0.25) is 0 Å². The van der Waals surface area contributed by atoms with Gasteiger partial charge in [-0.05, 0) is 62.8 Å². The second kappa shape index (κ2) is 24.1. The molecule has 1 rings (SSSR count). The van der Waals surface area contributed by atoms with Crippen molar-refractivity contribution in [3.05, 3.63) is 65.4 Å². The normalized spacial score (nSPS) is 11.6. The number of aryl methyl sites for hydroxylation is 1. The topological polar surface area (TPSA) is 101 Å². The van der Waals surface area contributed by atoms with Gasteiger partial charge in [0.25, 0.3) is 0 Å². The number of aromatic nitrogens is 2. The van der Waals surface area contributed by atoms with Crippen LogP contribution >= 0.6 is 0 Å². The maximum absolute atomic E-state index is 7.77. The summed E-state index contributed by atoms with van der Waals surface area (Å²) in [4.78, 5) is 4.63. The third-order valence-corrected chi connectivity index (χ3v) is 5.39. The van der Waals surface area contributed by atoms with Crippen LogP contribution in [-0.4, -0.2) is 35.2 Å². The smallest absolute Gasteiger partial charge is 0.140 e. The Morgan fingerprint density at radius 1 is 1.10 bits per heavy atom. The summed E-state index contributed by atoms with van der Waals surface area (Å²) < 4.78 is 6.66. The van der Waals surface area contributed by atoms with Crippen molar-refractivity contribution in [2.24, 2.45) is 18.7 Å². The highest BCUT2D eigenvalue weighted by Crippen LogP contribution is 2.25. The molecule has 6 heteroatoms. The molecular formula is C33H59N5O. The van der Waals surface area contributed by atoms with Crippen molar-refractivity contribution in [1.82, 2.24) is 9.55 Å². The Kier molecular flexibility index (Phi) is 25.0. The summed E-state index contributed by atoms with van der Waals surface area (Å²) in [6, 6.07) is 0. The molecule has 0 amide bonds. The lowest BCUT2D eigenvalue weighted by atomic mass is 10.00. The van der Waals surface area contributed by atoms with Crippen molar-refractivity contribution in [1.29, 1.82) is 10.8 Å². The molecule has 0 unspecified atom stereocenters. The van der Waals surface area contributed by atoms with Crippen LogP contribution in [0.15, 0.2) is 53.9 Å². The molecule has 4 N–H and O–H groups in total. The van der Waals surface area contributed by atoms with Gasteiger partial charge < -0.3 is 25.9 Å². The van der Waals surface area contributed by atoms with E-state index in [4.69, 9.17) is 21.3 Å². The number of allylic oxidation sites excluding steroid dienone is 7. The zero-order chi connectivity index (χ0) is 31.1. The first-order valence-electron chi connectivity index (χ1n) is 14.1. The first-order chi connectivity index (χ1) is 18.3. The number of imidazole rings is 1. The van der Waals surface area contributed by atoms with Crippen LogP contribution in [0.1, 0.15) is 106 Å². The number of hydrogen-bond acceptors (Lipinski definition) is 5. The standard InChI is InChI=1S/C20H27N5.C6H14.C5H12O.C2H6/c1-12(17(6)23)8-13(2)18(10-21)16(5)20-24-19(11-25(20)7)14(3)9-15(4)22;1-4-5-6(2)3;1-3-4-5-6-2;1-2/h8-11,21-22H,5-6,23H2,1-4,7H3;6H,4-5H2,1-3H3;3-5H2,1-2H3;1-2H3/b12-8+,14-9+,18-13-,21-10?,22-15?;;;. The Morgan fingerprint density at radius 2 is 1.67 bits per heavy atom. The first-order valence-corrected chi connectivity index (χ1v) is 14.1. The summed E-state index contributed by atoms with van der Waals surface area (Å²) in [6.45, 7) is 29.1.